The SMILES string of the molecule is CC1CCCN(c2cc(C(=O)Nc3c(Cl)cccc3Cl)ncn2)C1. The third-order valence-electron chi connectivity index (χ3n) is 4.07. The Morgan fingerprint density at radius 2 is 2.04 bits per heavy atom. The molecule has 1 atom stereocenters. The molecule has 126 valence electrons. The maximum atomic E-state index is 12.5. The number of piperidine rings is 1. The van der Waals surface area contributed by atoms with Gasteiger partial charge in [-0.15, -0.1) is 0 Å². The third-order valence-corrected chi connectivity index (χ3v) is 4.70. The van der Waals surface area contributed by atoms with Crippen LogP contribution in [0.3, 0.4) is 0 Å². The summed E-state index contributed by atoms with van der Waals surface area (Å²) in [6.45, 7) is 4.10. The van der Waals surface area contributed by atoms with Crippen molar-refractivity contribution in [1.29, 1.82) is 0 Å². The molecular formula is C17H18Cl2N4O. The van der Waals surface area contributed by atoms with Crippen molar-refractivity contribution in [3.8, 4) is 0 Å². The van der Waals surface area contributed by atoms with Crippen molar-refractivity contribution in [1.82, 2.24) is 9.97 Å². The van der Waals surface area contributed by atoms with Gasteiger partial charge in [-0.2, -0.15) is 0 Å². The monoisotopic (exact) mass is 364 g/mol. The molecule has 5 nitrogen and oxygen atoms in total. The van der Waals surface area contributed by atoms with Gasteiger partial charge in [0.25, 0.3) is 5.91 Å². The molecular weight excluding hydrogens is 347 g/mol. The topological polar surface area (TPSA) is 58.1 Å². The summed E-state index contributed by atoms with van der Waals surface area (Å²) in [6, 6.07) is 6.77. The van der Waals surface area contributed by atoms with Gasteiger partial charge in [0.1, 0.15) is 17.8 Å². The zero-order valence-corrected chi connectivity index (χ0v) is 14.8. The smallest absolute Gasteiger partial charge is 0.274 e. The van der Waals surface area contributed by atoms with E-state index >= 15 is 0 Å². The fourth-order valence-corrected chi connectivity index (χ4v) is 3.33. The van der Waals surface area contributed by atoms with Gasteiger partial charge in [0, 0.05) is 19.2 Å². The Balaban J connectivity index is 1.79. The second kappa shape index (κ2) is 7.36. The van der Waals surface area contributed by atoms with Crippen LogP contribution in [0.25, 0.3) is 0 Å². The minimum atomic E-state index is -0.362. The van der Waals surface area contributed by atoms with E-state index in [1.54, 1.807) is 24.3 Å². The van der Waals surface area contributed by atoms with E-state index in [1.165, 1.54) is 12.7 Å². The van der Waals surface area contributed by atoms with Crippen LogP contribution in [0.2, 0.25) is 10.0 Å². The van der Waals surface area contributed by atoms with Crippen LogP contribution >= 0.6 is 23.2 Å². The van der Waals surface area contributed by atoms with Crippen molar-refractivity contribution in [3.05, 3.63) is 46.3 Å². The van der Waals surface area contributed by atoms with Crippen molar-refractivity contribution in [2.45, 2.75) is 19.8 Å². The fourth-order valence-electron chi connectivity index (χ4n) is 2.84. The number of amides is 1. The van der Waals surface area contributed by atoms with E-state index in [0.29, 0.717) is 21.7 Å². The lowest BCUT2D eigenvalue weighted by Crippen LogP contribution is -2.35. The summed E-state index contributed by atoms with van der Waals surface area (Å²) in [4.78, 5) is 23.0. The predicted molar refractivity (Wildman–Crippen MR) is 97.1 cm³/mol. The predicted octanol–water partition coefficient (Wildman–Crippen LogP) is 4.27. The number of carbonyl (C=O) groups is 1. The van der Waals surface area contributed by atoms with Gasteiger partial charge in [0.05, 0.1) is 15.7 Å². The largest absolute Gasteiger partial charge is 0.356 e. The number of halogens is 2. The molecule has 2 aromatic rings. The number of anilines is 2. The summed E-state index contributed by atoms with van der Waals surface area (Å²) < 4.78 is 0. The van der Waals surface area contributed by atoms with E-state index in [2.05, 4.69) is 27.1 Å². The second-order valence-electron chi connectivity index (χ2n) is 6.01. The van der Waals surface area contributed by atoms with Crippen LogP contribution < -0.4 is 10.2 Å². The molecule has 1 aromatic heterocycles. The number of para-hydroxylation sites is 1. The zero-order valence-electron chi connectivity index (χ0n) is 13.3. The van der Waals surface area contributed by atoms with Gasteiger partial charge in [-0.1, -0.05) is 36.2 Å². The molecule has 1 unspecified atom stereocenters. The van der Waals surface area contributed by atoms with Crippen LogP contribution in [0.4, 0.5) is 11.5 Å². The van der Waals surface area contributed by atoms with Crippen LogP contribution in [-0.2, 0) is 0 Å². The lowest BCUT2D eigenvalue weighted by molar-refractivity contribution is 0.102. The summed E-state index contributed by atoms with van der Waals surface area (Å²) >= 11 is 12.2. The molecule has 0 spiro atoms. The van der Waals surface area contributed by atoms with Crippen LogP contribution in [0.15, 0.2) is 30.6 Å². The van der Waals surface area contributed by atoms with Gasteiger partial charge < -0.3 is 10.2 Å². The van der Waals surface area contributed by atoms with E-state index in [1.807, 2.05) is 0 Å². The minimum absolute atomic E-state index is 0.286. The van der Waals surface area contributed by atoms with Gasteiger partial charge in [-0.25, -0.2) is 9.97 Å². The summed E-state index contributed by atoms with van der Waals surface area (Å²) in [7, 11) is 0. The van der Waals surface area contributed by atoms with Crippen LogP contribution in [0, 0.1) is 5.92 Å². The Hall–Kier alpha value is -1.85. The molecule has 2 heterocycles. The first-order valence-corrected chi connectivity index (χ1v) is 8.62. The number of nitrogens with zero attached hydrogens (tertiary/aromatic N) is 3. The molecule has 7 heteroatoms. The molecule has 0 radical (unpaired) electrons. The minimum Gasteiger partial charge on any atom is -0.356 e. The van der Waals surface area contributed by atoms with Gasteiger partial charge in [0.2, 0.25) is 0 Å². The summed E-state index contributed by atoms with van der Waals surface area (Å²) in [6.07, 6.45) is 3.76. The molecule has 0 aliphatic carbocycles. The van der Waals surface area contributed by atoms with E-state index in [0.717, 1.165) is 25.3 Å². The summed E-state index contributed by atoms with van der Waals surface area (Å²) in [5.74, 6) is 1.03. The first-order chi connectivity index (χ1) is 11.5. The van der Waals surface area contributed by atoms with Crippen LogP contribution in [-0.4, -0.2) is 29.0 Å². The molecule has 1 aromatic carbocycles. The van der Waals surface area contributed by atoms with Crippen molar-refractivity contribution in [3.63, 3.8) is 0 Å². The van der Waals surface area contributed by atoms with Gasteiger partial charge in [0.15, 0.2) is 0 Å². The maximum absolute atomic E-state index is 12.5. The number of hydrogen-bond donors (Lipinski definition) is 1. The molecule has 1 aliphatic heterocycles. The van der Waals surface area contributed by atoms with E-state index < -0.39 is 0 Å². The maximum Gasteiger partial charge on any atom is 0.274 e. The summed E-state index contributed by atoms with van der Waals surface area (Å²) in [5, 5.41) is 3.49. The third kappa shape index (κ3) is 3.79. The second-order valence-corrected chi connectivity index (χ2v) is 6.82. The van der Waals surface area contributed by atoms with Gasteiger partial charge >= 0.3 is 0 Å². The highest BCUT2D eigenvalue weighted by molar-refractivity contribution is 6.40. The first-order valence-electron chi connectivity index (χ1n) is 7.87. The van der Waals surface area contributed by atoms with Crippen molar-refractivity contribution in [2.75, 3.05) is 23.3 Å². The number of benzene rings is 1. The Labute approximate surface area is 151 Å². The van der Waals surface area contributed by atoms with Crippen molar-refractivity contribution < 1.29 is 4.79 Å². The Morgan fingerprint density at radius 1 is 1.29 bits per heavy atom. The lowest BCUT2D eigenvalue weighted by Gasteiger charge is -2.31. The molecule has 3 rings (SSSR count). The molecule has 1 fully saturated rings. The van der Waals surface area contributed by atoms with E-state index in [9.17, 15) is 4.79 Å². The Bertz CT molecular complexity index is 733. The van der Waals surface area contributed by atoms with Gasteiger partial charge in [-0.3, -0.25) is 4.79 Å². The van der Waals surface area contributed by atoms with E-state index in [4.69, 9.17) is 23.2 Å². The Morgan fingerprint density at radius 3 is 2.75 bits per heavy atom. The first kappa shape index (κ1) is 17.0. The fraction of sp³-hybridized carbons (Fsp3) is 0.353. The van der Waals surface area contributed by atoms with Crippen LogP contribution in [0.5, 0.6) is 0 Å². The number of nitrogens with one attached hydrogen (secondary N) is 1. The van der Waals surface area contributed by atoms with Crippen molar-refractivity contribution >= 4 is 40.6 Å². The normalized spacial score (nSPS) is 17.6. The number of hydrogen-bond acceptors (Lipinski definition) is 4. The molecule has 24 heavy (non-hydrogen) atoms. The standard InChI is InChI=1S/C17H18Cl2N4O/c1-11-4-3-7-23(9-11)15-8-14(20-10-21-15)17(24)22-16-12(18)5-2-6-13(16)19/h2,5-6,8,10-11H,3-4,7,9H2,1H3,(H,22,24). The molecule has 1 saturated heterocycles. The number of rotatable bonds is 3. The summed E-state index contributed by atoms with van der Waals surface area (Å²) in [5.41, 5.74) is 0.673. The highest BCUT2D eigenvalue weighted by Gasteiger charge is 2.19. The molecule has 0 bridgehead atoms. The average molecular weight is 365 g/mol. The Kier molecular flexibility index (Phi) is 5.21. The van der Waals surface area contributed by atoms with Crippen molar-refractivity contribution in [2.24, 2.45) is 5.92 Å². The van der Waals surface area contributed by atoms with Gasteiger partial charge in [-0.05, 0) is 30.9 Å². The zero-order chi connectivity index (χ0) is 17.1. The molecule has 0 saturated carbocycles. The van der Waals surface area contributed by atoms with Crippen LogP contribution in [0.1, 0.15) is 30.3 Å². The molecule has 1 amide bonds. The number of carbonyl (C=O) groups excluding carboxylic acids is 1. The quantitative estimate of drug-likeness (QED) is 0.883. The number of aromatic nitrogens is 2. The molecule has 1 aliphatic rings. The molecule has 1 N–H and O–H groups in total. The lowest BCUT2D eigenvalue weighted by atomic mass is 10.0. The highest BCUT2D eigenvalue weighted by atomic mass is 35.5. The average Bonchev–Trinajstić information content (AvgIpc) is 2.58. The van der Waals surface area contributed by atoms with E-state index in [-0.39, 0.29) is 11.6 Å². The highest BCUT2D eigenvalue weighted by Crippen LogP contribution is 2.30.